The van der Waals surface area contributed by atoms with Crippen molar-refractivity contribution in [2.75, 3.05) is 13.1 Å². The van der Waals surface area contributed by atoms with Crippen LogP contribution >= 0.6 is 0 Å². The van der Waals surface area contributed by atoms with Crippen LogP contribution in [-0.4, -0.2) is 37.1 Å². The number of rotatable bonds is 4. The summed E-state index contributed by atoms with van der Waals surface area (Å²) in [4.78, 5) is 12.2. The van der Waals surface area contributed by atoms with Gasteiger partial charge in [0.25, 0.3) is 10.1 Å². The molecule has 2 atom stereocenters. The van der Waals surface area contributed by atoms with Crippen molar-refractivity contribution in [1.29, 1.82) is 0 Å². The van der Waals surface area contributed by atoms with E-state index >= 15 is 0 Å². The van der Waals surface area contributed by atoms with Gasteiger partial charge < -0.3 is 5.32 Å². The average Bonchev–Trinajstić information content (AvgIpc) is 2.87. The van der Waals surface area contributed by atoms with Crippen molar-refractivity contribution in [3.05, 3.63) is 0 Å². The van der Waals surface area contributed by atoms with E-state index in [0.717, 1.165) is 25.7 Å². The summed E-state index contributed by atoms with van der Waals surface area (Å²) >= 11 is 0. The molecule has 5 nitrogen and oxygen atoms in total. The van der Waals surface area contributed by atoms with Crippen LogP contribution in [0.25, 0.3) is 0 Å². The van der Waals surface area contributed by atoms with Crippen LogP contribution in [0.5, 0.6) is 0 Å². The normalized spacial score (nSPS) is 28.4. The van der Waals surface area contributed by atoms with Crippen LogP contribution in [-0.2, 0) is 14.9 Å². The number of nitrogens with one attached hydrogen (secondary N) is 1. The highest BCUT2D eigenvalue weighted by Gasteiger charge is 2.42. The van der Waals surface area contributed by atoms with Crippen LogP contribution in [0.2, 0.25) is 0 Å². The van der Waals surface area contributed by atoms with Crippen LogP contribution in [0.3, 0.4) is 0 Å². The lowest BCUT2D eigenvalue weighted by molar-refractivity contribution is -0.123. The van der Waals surface area contributed by atoms with E-state index in [1.165, 1.54) is 0 Å². The number of carbonyl (C=O) groups excluding carboxylic acids is 1. The van der Waals surface area contributed by atoms with E-state index in [-0.39, 0.29) is 17.6 Å². The molecule has 1 unspecified atom stereocenters. The SMILES string of the molecule is O=C(C1CCCC1)[C@H](C1CCNC1)S(=O)(=O)O. The number of hydrogen-bond acceptors (Lipinski definition) is 4. The number of carbonyl (C=O) groups is 1. The fourth-order valence-electron chi connectivity index (χ4n) is 3.00. The van der Waals surface area contributed by atoms with Crippen molar-refractivity contribution in [2.24, 2.45) is 11.8 Å². The van der Waals surface area contributed by atoms with Gasteiger partial charge in [-0.05, 0) is 38.3 Å². The molecule has 0 radical (unpaired) electrons. The van der Waals surface area contributed by atoms with Crippen molar-refractivity contribution in [1.82, 2.24) is 5.32 Å². The van der Waals surface area contributed by atoms with Gasteiger partial charge in [-0.3, -0.25) is 9.35 Å². The Morgan fingerprint density at radius 1 is 1.24 bits per heavy atom. The summed E-state index contributed by atoms with van der Waals surface area (Å²) in [6, 6.07) is 0. The van der Waals surface area contributed by atoms with E-state index in [1.54, 1.807) is 0 Å². The lowest BCUT2D eigenvalue weighted by Crippen LogP contribution is -2.41. The molecule has 0 bridgehead atoms. The van der Waals surface area contributed by atoms with E-state index in [0.29, 0.717) is 19.5 Å². The van der Waals surface area contributed by atoms with Crippen LogP contribution in [0.15, 0.2) is 0 Å². The maximum atomic E-state index is 12.2. The molecule has 0 aromatic carbocycles. The minimum Gasteiger partial charge on any atom is -0.316 e. The Bertz CT molecular complexity index is 380. The molecule has 17 heavy (non-hydrogen) atoms. The third kappa shape index (κ3) is 2.86. The lowest BCUT2D eigenvalue weighted by atomic mass is 9.92. The Kier molecular flexibility index (Phi) is 3.85. The molecule has 0 spiro atoms. The third-order valence-corrected chi connectivity index (χ3v) is 5.14. The zero-order chi connectivity index (χ0) is 12.5. The van der Waals surface area contributed by atoms with Gasteiger partial charge in [0.15, 0.2) is 5.78 Å². The highest BCUT2D eigenvalue weighted by atomic mass is 32.2. The summed E-state index contributed by atoms with van der Waals surface area (Å²) in [7, 11) is -4.27. The monoisotopic (exact) mass is 261 g/mol. The molecule has 1 aliphatic carbocycles. The maximum Gasteiger partial charge on any atom is 0.275 e. The molecule has 0 aromatic heterocycles. The molecule has 1 saturated carbocycles. The number of Topliss-reactive ketones (excluding diaryl/α,β-unsaturated/α-hetero) is 1. The van der Waals surface area contributed by atoms with Gasteiger partial charge >= 0.3 is 0 Å². The highest BCUT2D eigenvalue weighted by Crippen LogP contribution is 2.31. The molecule has 6 heteroatoms. The summed E-state index contributed by atoms with van der Waals surface area (Å²) in [5.41, 5.74) is 0. The standard InChI is InChI=1S/C11H19NO4S/c13-10(8-3-1-2-4-8)11(17(14,15)16)9-5-6-12-7-9/h8-9,11-12H,1-7H2,(H,14,15,16)/t9?,11-/m0/s1. The first-order valence-corrected chi connectivity index (χ1v) is 7.71. The zero-order valence-corrected chi connectivity index (χ0v) is 10.6. The molecule has 1 aliphatic heterocycles. The van der Waals surface area contributed by atoms with Gasteiger partial charge in [-0.25, -0.2) is 0 Å². The molecule has 2 fully saturated rings. The lowest BCUT2D eigenvalue weighted by Gasteiger charge is -2.21. The highest BCUT2D eigenvalue weighted by molar-refractivity contribution is 7.87. The quantitative estimate of drug-likeness (QED) is 0.724. The second-order valence-electron chi connectivity index (χ2n) is 5.07. The zero-order valence-electron chi connectivity index (χ0n) is 9.76. The largest absolute Gasteiger partial charge is 0.316 e. The van der Waals surface area contributed by atoms with Crippen molar-refractivity contribution < 1.29 is 17.8 Å². The van der Waals surface area contributed by atoms with Gasteiger partial charge in [-0.2, -0.15) is 8.42 Å². The summed E-state index contributed by atoms with van der Waals surface area (Å²) in [5, 5.41) is 1.83. The minimum absolute atomic E-state index is 0.164. The fraction of sp³-hybridized carbons (Fsp3) is 0.909. The first-order valence-electron chi connectivity index (χ1n) is 6.21. The number of ketones is 1. The predicted octanol–water partition coefficient (Wildman–Crippen LogP) is 0.612. The second kappa shape index (κ2) is 5.04. The Hall–Kier alpha value is -0.460. The molecule has 1 saturated heterocycles. The van der Waals surface area contributed by atoms with Crippen molar-refractivity contribution in [3.8, 4) is 0 Å². The molecule has 2 rings (SSSR count). The Morgan fingerprint density at radius 3 is 2.35 bits per heavy atom. The molecule has 98 valence electrons. The van der Waals surface area contributed by atoms with Gasteiger partial charge in [-0.1, -0.05) is 12.8 Å². The van der Waals surface area contributed by atoms with Crippen LogP contribution in [0.4, 0.5) is 0 Å². The Labute approximate surface area is 102 Å². The van der Waals surface area contributed by atoms with E-state index in [4.69, 9.17) is 0 Å². The fourth-order valence-corrected chi connectivity index (χ4v) is 4.21. The molecule has 2 aliphatic rings. The van der Waals surface area contributed by atoms with Gasteiger partial charge in [0.05, 0.1) is 0 Å². The molecule has 0 amide bonds. The summed E-state index contributed by atoms with van der Waals surface area (Å²) in [6.45, 7) is 1.22. The first kappa shape index (κ1) is 13.0. The van der Waals surface area contributed by atoms with Gasteiger partial charge in [-0.15, -0.1) is 0 Å². The Morgan fingerprint density at radius 2 is 1.88 bits per heavy atom. The summed E-state index contributed by atoms with van der Waals surface area (Å²) < 4.78 is 32.1. The third-order valence-electron chi connectivity index (χ3n) is 3.89. The molecular formula is C11H19NO4S. The van der Waals surface area contributed by atoms with E-state index in [1.807, 2.05) is 0 Å². The molecule has 0 aromatic rings. The molecule has 2 N–H and O–H groups in total. The van der Waals surface area contributed by atoms with Gasteiger partial charge in [0, 0.05) is 5.92 Å². The van der Waals surface area contributed by atoms with Crippen LogP contribution < -0.4 is 5.32 Å². The molecule has 1 heterocycles. The maximum absolute atomic E-state index is 12.2. The number of hydrogen-bond donors (Lipinski definition) is 2. The van der Waals surface area contributed by atoms with Crippen molar-refractivity contribution >= 4 is 15.9 Å². The summed E-state index contributed by atoms with van der Waals surface area (Å²) in [5.74, 6) is -0.695. The van der Waals surface area contributed by atoms with Gasteiger partial charge in [0.1, 0.15) is 5.25 Å². The van der Waals surface area contributed by atoms with Crippen molar-refractivity contribution in [3.63, 3.8) is 0 Å². The Balaban J connectivity index is 2.17. The first-order chi connectivity index (χ1) is 8.00. The molecular weight excluding hydrogens is 242 g/mol. The second-order valence-corrected chi connectivity index (χ2v) is 6.61. The predicted molar refractivity (Wildman–Crippen MR) is 63.3 cm³/mol. The van der Waals surface area contributed by atoms with Crippen LogP contribution in [0.1, 0.15) is 32.1 Å². The van der Waals surface area contributed by atoms with Crippen molar-refractivity contribution in [2.45, 2.75) is 37.4 Å². The van der Waals surface area contributed by atoms with E-state index in [9.17, 15) is 17.8 Å². The smallest absolute Gasteiger partial charge is 0.275 e. The summed E-state index contributed by atoms with van der Waals surface area (Å²) in [6.07, 6.45) is 4.15. The topological polar surface area (TPSA) is 83.5 Å². The van der Waals surface area contributed by atoms with Crippen LogP contribution in [0, 0.1) is 11.8 Å². The van der Waals surface area contributed by atoms with Gasteiger partial charge in [0.2, 0.25) is 0 Å². The minimum atomic E-state index is -4.27. The van der Waals surface area contributed by atoms with E-state index < -0.39 is 15.4 Å². The van der Waals surface area contributed by atoms with E-state index in [2.05, 4.69) is 5.32 Å². The average molecular weight is 261 g/mol.